The minimum Gasteiger partial charge on any atom is -0.445 e. The van der Waals surface area contributed by atoms with E-state index < -0.39 is 42.1 Å². The Morgan fingerprint density at radius 3 is 1.83 bits per heavy atom. The van der Waals surface area contributed by atoms with E-state index in [-0.39, 0.29) is 35.9 Å². The fourth-order valence-corrected chi connectivity index (χ4v) is 5.35. The van der Waals surface area contributed by atoms with Gasteiger partial charge in [-0.1, -0.05) is 119 Å². The van der Waals surface area contributed by atoms with E-state index in [1.807, 2.05) is 119 Å². The van der Waals surface area contributed by atoms with Crippen LogP contribution in [0.15, 0.2) is 95.8 Å². The Kier molecular flexibility index (Phi) is 11.9. The minimum atomic E-state index is -1.21. The zero-order valence-corrected chi connectivity index (χ0v) is 26.7. The lowest BCUT2D eigenvalue weighted by Crippen LogP contribution is -2.56. The molecule has 3 amide bonds. The second kappa shape index (κ2) is 16.0. The topological polar surface area (TPSA) is 134 Å². The maximum atomic E-state index is 13.7. The van der Waals surface area contributed by atoms with Crippen LogP contribution in [0.4, 0.5) is 4.79 Å². The van der Waals surface area contributed by atoms with Gasteiger partial charge in [0.15, 0.2) is 5.43 Å². The maximum absolute atomic E-state index is 13.7. The summed E-state index contributed by atoms with van der Waals surface area (Å²) in [5.41, 5.74) is 2.87. The van der Waals surface area contributed by atoms with Crippen molar-refractivity contribution in [1.82, 2.24) is 16.0 Å². The van der Waals surface area contributed by atoms with E-state index in [1.165, 1.54) is 0 Å². The first-order valence-electron chi connectivity index (χ1n) is 15.7. The molecule has 0 saturated heterocycles. The van der Waals surface area contributed by atoms with Crippen LogP contribution in [-0.2, 0) is 27.4 Å². The molecule has 0 unspecified atom stereocenters. The summed E-state index contributed by atoms with van der Waals surface area (Å²) in [7, 11) is 0. The third-order valence-corrected chi connectivity index (χ3v) is 7.85. The molecule has 0 spiro atoms. The van der Waals surface area contributed by atoms with Gasteiger partial charge in [0.05, 0.1) is 6.04 Å². The Morgan fingerprint density at radius 1 is 0.717 bits per heavy atom. The fraction of sp³-hybridized carbons (Fsp3) is 0.351. The molecule has 0 aromatic heterocycles. The molecule has 4 aromatic carbocycles. The molecule has 4 N–H and O–H groups in total. The average molecular weight is 626 g/mol. The van der Waals surface area contributed by atoms with Crippen molar-refractivity contribution in [3.05, 3.63) is 118 Å². The lowest BCUT2D eigenvalue weighted by molar-refractivity contribution is -0.131. The number of aliphatic hydroxyl groups is 1. The highest BCUT2D eigenvalue weighted by atomic mass is 16.5. The van der Waals surface area contributed by atoms with Gasteiger partial charge >= 0.3 is 6.09 Å². The zero-order valence-electron chi connectivity index (χ0n) is 26.7. The summed E-state index contributed by atoms with van der Waals surface area (Å²) >= 11 is 0. The number of hydrogen-bond donors (Lipinski definition) is 4. The molecule has 242 valence electrons. The van der Waals surface area contributed by atoms with Gasteiger partial charge in [-0.3, -0.25) is 14.4 Å². The van der Waals surface area contributed by atoms with E-state index >= 15 is 0 Å². The van der Waals surface area contributed by atoms with Gasteiger partial charge in [-0.05, 0) is 34.9 Å². The SMILES string of the molecule is CC(C)C[C@H](NC(=O)[C@H](Cc1ccccc1)NC(=O)OCc1ccccc1)C(=O)N[C@@H](C(C)C)[C@@H](O)c1c(-c2ccccc2)c1=O. The first-order chi connectivity index (χ1) is 22.0. The van der Waals surface area contributed by atoms with Crippen molar-refractivity contribution < 1.29 is 24.2 Å². The number of carbonyl (C=O) groups excluding carboxylic acids is 3. The number of aliphatic hydroxyl groups excluding tert-OH is 1. The van der Waals surface area contributed by atoms with Crippen LogP contribution < -0.4 is 21.4 Å². The van der Waals surface area contributed by atoms with E-state index in [0.29, 0.717) is 12.0 Å². The molecule has 9 heteroatoms. The van der Waals surface area contributed by atoms with Gasteiger partial charge in [0.1, 0.15) is 24.8 Å². The number of alkyl carbamates (subject to hydrolysis) is 1. The van der Waals surface area contributed by atoms with Crippen LogP contribution >= 0.6 is 0 Å². The van der Waals surface area contributed by atoms with Gasteiger partial charge in [-0.15, -0.1) is 0 Å². The maximum Gasteiger partial charge on any atom is 0.408 e. The Labute approximate surface area is 270 Å². The molecule has 0 aliphatic heterocycles. The number of hydrogen-bond acceptors (Lipinski definition) is 6. The summed E-state index contributed by atoms with van der Waals surface area (Å²) in [6.07, 6.45) is -1.49. The van der Waals surface area contributed by atoms with Gasteiger partial charge in [0, 0.05) is 17.5 Å². The van der Waals surface area contributed by atoms with Crippen LogP contribution in [0.1, 0.15) is 56.9 Å². The lowest BCUT2D eigenvalue weighted by Gasteiger charge is -2.30. The molecule has 9 nitrogen and oxygen atoms in total. The number of benzene rings is 3. The number of carbonyl (C=O) groups is 3. The molecule has 0 bridgehead atoms. The van der Waals surface area contributed by atoms with Crippen molar-refractivity contribution in [2.45, 2.75) is 71.4 Å². The monoisotopic (exact) mass is 625 g/mol. The number of nitrogens with one attached hydrogen (secondary N) is 3. The largest absolute Gasteiger partial charge is 0.445 e. The average Bonchev–Trinajstić information content (AvgIpc) is 3.73. The highest BCUT2D eigenvalue weighted by Gasteiger charge is 2.38. The second-order valence-electron chi connectivity index (χ2n) is 12.3. The highest BCUT2D eigenvalue weighted by Crippen LogP contribution is 2.33. The van der Waals surface area contributed by atoms with Gasteiger partial charge in [-0.2, -0.15) is 0 Å². The van der Waals surface area contributed by atoms with E-state index in [1.54, 1.807) is 0 Å². The Hall–Kier alpha value is -4.76. The predicted molar refractivity (Wildman–Crippen MR) is 177 cm³/mol. The van der Waals surface area contributed by atoms with Crippen LogP contribution in [0, 0.1) is 11.8 Å². The summed E-state index contributed by atoms with van der Waals surface area (Å²) in [6, 6.07) is 24.8. The highest BCUT2D eigenvalue weighted by molar-refractivity contribution is 5.91. The number of amides is 3. The number of ether oxygens (including phenoxy) is 1. The van der Waals surface area contributed by atoms with E-state index in [9.17, 15) is 24.3 Å². The van der Waals surface area contributed by atoms with Crippen LogP contribution in [0.3, 0.4) is 0 Å². The van der Waals surface area contributed by atoms with Gasteiger partial charge in [0.2, 0.25) is 11.8 Å². The normalized spacial score (nSPS) is 14.0. The molecule has 4 atom stereocenters. The van der Waals surface area contributed by atoms with Crippen LogP contribution in [0.25, 0.3) is 11.1 Å². The lowest BCUT2D eigenvalue weighted by atomic mass is 9.94. The molecule has 0 heterocycles. The molecule has 0 saturated carbocycles. The first kappa shape index (κ1) is 34.1. The van der Waals surface area contributed by atoms with Crippen molar-refractivity contribution in [3.63, 3.8) is 0 Å². The van der Waals surface area contributed by atoms with Crippen molar-refractivity contribution in [2.24, 2.45) is 11.8 Å². The smallest absolute Gasteiger partial charge is 0.408 e. The summed E-state index contributed by atoms with van der Waals surface area (Å²) in [6.45, 7) is 7.60. The molecule has 0 aliphatic carbocycles. The zero-order chi connectivity index (χ0) is 33.2. The third kappa shape index (κ3) is 9.37. The van der Waals surface area contributed by atoms with Gasteiger partial charge in [-0.25, -0.2) is 4.79 Å². The van der Waals surface area contributed by atoms with Gasteiger partial charge in [0.25, 0.3) is 0 Å². The van der Waals surface area contributed by atoms with E-state index in [4.69, 9.17) is 4.74 Å². The second-order valence-corrected chi connectivity index (χ2v) is 12.3. The molecule has 0 fully saturated rings. The summed E-state index contributed by atoms with van der Waals surface area (Å²) in [4.78, 5) is 52.9. The quantitative estimate of drug-likeness (QED) is 0.150. The Morgan fingerprint density at radius 2 is 1.26 bits per heavy atom. The van der Waals surface area contributed by atoms with Crippen LogP contribution in [0.5, 0.6) is 0 Å². The van der Waals surface area contributed by atoms with Crippen molar-refractivity contribution in [2.75, 3.05) is 0 Å². The van der Waals surface area contributed by atoms with E-state index in [2.05, 4.69) is 16.0 Å². The van der Waals surface area contributed by atoms with Crippen LogP contribution in [0.2, 0.25) is 0 Å². The third-order valence-electron chi connectivity index (χ3n) is 7.85. The number of rotatable bonds is 15. The molecular weight excluding hydrogens is 582 g/mol. The summed E-state index contributed by atoms with van der Waals surface area (Å²) in [5.74, 6) is -1.22. The predicted octanol–water partition coefficient (Wildman–Crippen LogP) is 4.83. The molecule has 4 aromatic rings. The molecule has 4 rings (SSSR count). The molecule has 0 aliphatic rings. The Bertz CT molecular complexity index is 1580. The van der Waals surface area contributed by atoms with Crippen LogP contribution in [-0.4, -0.2) is 41.1 Å². The first-order valence-corrected chi connectivity index (χ1v) is 15.7. The molecule has 0 radical (unpaired) electrons. The summed E-state index contributed by atoms with van der Waals surface area (Å²) in [5, 5.41) is 19.7. The molecule has 46 heavy (non-hydrogen) atoms. The van der Waals surface area contributed by atoms with Crippen molar-refractivity contribution in [3.8, 4) is 11.1 Å². The summed E-state index contributed by atoms with van der Waals surface area (Å²) < 4.78 is 5.38. The minimum absolute atomic E-state index is 0.0345. The van der Waals surface area contributed by atoms with Crippen molar-refractivity contribution >= 4 is 17.9 Å². The Balaban J connectivity index is 1.48. The van der Waals surface area contributed by atoms with E-state index in [0.717, 1.165) is 16.7 Å². The fourth-order valence-electron chi connectivity index (χ4n) is 5.35. The standard InChI is InChI=1S/C37H43N3O6/c1-23(2)20-28(36(44)40-32(24(3)4)34(42)31-30(33(31)41)27-18-12-7-13-19-27)38-35(43)29(21-25-14-8-5-9-15-25)39-37(45)46-22-26-16-10-6-11-17-26/h5-19,23-24,28-29,32,34,42H,20-22H2,1-4H3,(H,38,43)(H,39,45)(H,40,44)/t28-,29-,32-,34-/m0/s1. The van der Waals surface area contributed by atoms with Crippen molar-refractivity contribution in [1.29, 1.82) is 0 Å². The molecular formula is C37H43N3O6. The van der Waals surface area contributed by atoms with Gasteiger partial charge < -0.3 is 25.8 Å².